The van der Waals surface area contributed by atoms with Crippen LogP contribution in [0.4, 0.5) is 11.4 Å². The Bertz CT molecular complexity index is 709. The highest BCUT2D eigenvalue weighted by Crippen LogP contribution is 2.37. The summed E-state index contributed by atoms with van der Waals surface area (Å²) in [5, 5.41) is 8.66. The maximum absolute atomic E-state index is 5.93. The minimum absolute atomic E-state index is 0.458. The molecule has 0 atom stereocenters. The van der Waals surface area contributed by atoms with Gasteiger partial charge in [-0.25, -0.2) is 0 Å². The molecular weight excluding hydrogens is 336 g/mol. The average molecular weight is 369 g/mol. The van der Waals surface area contributed by atoms with E-state index >= 15 is 0 Å². The molecule has 1 fully saturated rings. The van der Waals surface area contributed by atoms with E-state index in [1.54, 1.807) is 18.2 Å². The summed E-state index contributed by atoms with van der Waals surface area (Å²) in [5.74, 6) is 2.44. The zero-order valence-electron chi connectivity index (χ0n) is 16.4. The first kappa shape index (κ1) is 19.5. The molecule has 2 aromatic rings. The van der Waals surface area contributed by atoms with Crippen molar-refractivity contribution in [2.75, 3.05) is 11.5 Å². The molecule has 0 amide bonds. The lowest BCUT2D eigenvalue weighted by molar-refractivity contribution is 0.298. The van der Waals surface area contributed by atoms with Gasteiger partial charge in [0.25, 0.3) is 0 Å². The van der Waals surface area contributed by atoms with Gasteiger partial charge in [-0.1, -0.05) is 39.0 Å². The minimum Gasteiger partial charge on any atom is -0.435 e. The van der Waals surface area contributed by atoms with E-state index in [2.05, 4.69) is 17.1 Å². The molecule has 0 bridgehead atoms. The van der Waals surface area contributed by atoms with Crippen LogP contribution in [-0.2, 0) is 0 Å². The summed E-state index contributed by atoms with van der Waals surface area (Å²) in [6.07, 6.45) is 11.9. The number of unbranched alkanes of at least 4 members (excludes halogenated alkanes) is 3. The van der Waals surface area contributed by atoms with Gasteiger partial charge in [-0.2, -0.15) is 5.10 Å². The summed E-state index contributed by atoms with van der Waals surface area (Å²) in [6, 6.07) is 9.12. The maximum atomic E-state index is 5.93. The van der Waals surface area contributed by atoms with Crippen LogP contribution in [0.3, 0.4) is 0 Å². The van der Waals surface area contributed by atoms with Gasteiger partial charge in [-0.3, -0.25) is 0 Å². The number of rotatable bonds is 8. The minimum atomic E-state index is 0.458. The van der Waals surface area contributed by atoms with Gasteiger partial charge in [-0.15, -0.1) is 5.10 Å². The summed E-state index contributed by atoms with van der Waals surface area (Å²) in [4.78, 5) is 0. The number of nitrogens with two attached hydrogens (primary N) is 2. The maximum Gasteiger partial charge on any atom is 0.238 e. The number of hydrogen-bond donors (Lipinski definition) is 2. The lowest BCUT2D eigenvalue weighted by atomic mass is 9.78. The Morgan fingerprint density at radius 2 is 1.78 bits per heavy atom. The topological polar surface area (TPSA) is 87.0 Å². The number of nitrogen functional groups attached to an aromatic ring is 2. The predicted octanol–water partition coefficient (Wildman–Crippen LogP) is 5.68. The van der Waals surface area contributed by atoms with E-state index < -0.39 is 0 Å². The average Bonchev–Trinajstić information content (AvgIpc) is 2.69. The van der Waals surface area contributed by atoms with E-state index in [9.17, 15) is 0 Å². The van der Waals surface area contributed by atoms with Gasteiger partial charge in [0.2, 0.25) is 5.88 Å². The molecule has 0 aliphatic heterocycles. The van der Waals surface area contributed by atoms with Gasteiger partial charge in [0.15, 0.2) is 5.75 Å². The molecule has 1 aliphatic carbocycles. The smallest absolute Gasteiger partial charge is 0.238 e. The van der Waals surface area contributed by atoms with Crippen LogP contribution >= 0.6 is 0 Å². The standard InChI is InChI=1S/C22H32N4O/c1-2-3-4-5-6-16-7-9-17(10-8-16)20-12-14-22(26-25-20)27-21-13-11-18(23)15-19(21)24/h11-17H,2-10,23-24H2,1H3. The number of benzene rings is 1. The van der Waals surface area contributed by atoms with Gasteiger partial charge in [0.1, 0.15) is 0 Å². The summed E-state index contributed by atoms with van der Waals surface area (Å²) in [5.41, 5.74) is 13.8. The van der Waals surface area contributed by atoms with Crippen molar-refractivity contribution in [3.05, 3.63) is 36.0 Å². The van der Waals surface area contributed by atoms with Crippen LogP contribution in [-0.4, -0.2) is 10.2 Å². The third kappa shape index (κ3) is 5.59. The molecule has 0 saturated heterocycles. The predicted molar refractivity (Wildman–Crippen MR) is 111 cm³/mol. The van der Waals surface area contributed by atoms with E-state index in [1.807, 2.05) is 12.1 Å². The second-order valence-electron chi connectivity index (χ2n) is 7.76. The Balaban J connectivity index is 1.49. The zero-order chi connectivity index (χ0) is 19.1. The van der Waals surface area contributed by atoms with E-state index in [0.717, 1.165) is 11.6 Å². The molecule has 1 aliphatic rings. The molecule has 1 heterocycles. The van der Waals surface area contributed by atoms with Crippen LogP contribution in [0.1, 0.15) is 76.3 Å². The molecule has 146 valence electrons. The number of aromatic nitrogens is 2. The molecule has 27 heavy (non-hydrogen) atoms. The first-order chi connectivity index (χ1) is 13.2. The third-order valence-corrected chi connectivity index (χ3v) is 5.64. The molecule has 0 unspecified atom stereocenters. The molecule has 5 nitrogen and oxygen atoms in total. The first-order valence-electron chi connectivity index (χ1n) is 10.3. The molecule has 3 rings (SSSR count). The molecule has 0 spiro atoms. The van der Waals surface area contributed by atoms with Crippen molar-refractivity contribution >= 4 is 11.4 Å². The Kier molecular flexibility index (Phi) is 6.91. The van der Waals surface area contributed by atoms with Crippen LogP contribution in [0.5, 0.6) is 11.6 Å². The third-order valence-electron chi connectivity index (χ3n) is 5.64. The Morgan fingerprint density at radius 3 is 2.44 bits per heavy atom. The number of hydrogen-bond acceptors (Lipinski definition) is 5. The molecule has 5 heteroatoms. The number of anilines is 2. The molecule has 1 saturated carbocycles. The fourth-order valence-electron chi connectivity index (χ4n) is 3.98. The van der Waals surface area contributed by atoms with Gasteiger partial charge < -0.3 is 16.2 Å². The van der Waals surface area contributed by atoms with Crippen molar-refractivity contribution in [2.24, 2.45) is 5.92 Å². The Hall–Kier alpha value is -2.30. The van der Waals surface area contributed by atoms with Gasteiger partial charge in [0.05, 0.1) is 11.4 Å². The largest absolute Gasteiger partial charge is 0.435 e. The van der Waals surface area contributed by atoms with Gasteiger partial charge in [0, 0.05) is 17.7 Å². The second-order valence-corrected chi connectivity index (χ2v) is 7.76. The van der Waals surface area contributed by atoms with Crippen LogP contribution in [0.25, 0.3) is 0 Å². The van der Waals surface area contributed by atoms with E-state index in [0.29, 0.717) is 28.9 Å². The van der Waals surface area contributed by atoms with Crippen LogP contribution in [0, 0.1) is 5.92 Å². The van der Waals surface area contributed by atoms with E-state index in [-0.39, 0.29) is 0 Å². The number of nitrogens with zero attached hydrogens (tertiary/aromatic N) is 2. The van der Waals surface area contributed by atoms with Crippen molar-refractivity contribution in [3.8, 4) is 11.6 Å². The summed E-state index contributed by atoms with van der Waals surface area (Å²) in [7, 11) is 0. The van der Waals surface area contributed by atoms with Crippen molar-refractivity contribution in [1.82, 2.24) is 10.2 Å². The highest BCUT2D eigenvalue weighted by Gasteiger charge is 2.23. The van der Waals surface area contributed by atoms with Crippen LogP contribution < -0.4 is 16.2 Å². The van der Waals surface area contributed by atoms with Gasteiger partial charge >= 0.3 is 0 Å². The molecule has 0 radical (unpaired) electrons. The monoisotopic (exact) mass is 368 g/mol. The number of ether oxygens (including phenoxy) is 1. The van der Waals surface area contributed by atoms with Crippen molar-refractivity contribution in [2.45, 2.75) is 70.6 Å². The highest BCUT2D eigenvalue weighted by atomic mass is 16.5. The molecule has 1 aromatic carbocycles. The van der Waals surface area contributed by atoms with Crippen LogP contribution in [0.2, 0.25) is 0 Å². The Labute approximate surface area is 162 Å². The summed E-state index contributed by atoms with van der Waals surface area (Å²) < 4.78 is 5.73. The summed E-state index contributed by atoms with van der Waals surface area (Å²) in [6.45, 7) is 2.27. The quantitative estimate of drug-likeness (QED) is 0.462. The van der Waals surface area contributed by atoms with Crippen LogP contribution in [0.15, 0.2) is 30.3 Å². The normalized spacial score (nSPS) is 19.7. The Morgan fingerprint density at radius 1 is 0.963 bits per heavy atom. The van der Waals surface area contributed by atoms with E-state index in [4.69, 9.17) is 16.2 Å². The van der Waals surface area contributed by atoms with Crippen molar-refractivity contribution < 1.29 is 4.74 Å². The SMILES string of the molecule is CCCCCCC1CCC(c2ccc(Oc3ccc(N)cc3N)nn2)CC1. The fraction of sp³-hybridized carbons (Fsp3) is 0.545. The highest BCUT2D eigenvalue weighted by molar-refractivity contribution is 5.61. The van der Waals surface area contributed by atoms with Crippen molar-refractivity contribution in [1.29, 1.82) is 0 Å². The van der Waals surface area contributed by atoms with Gasteiger partial charge in [-0.05, 0) is 55.9 Å². The van der Waals surface area contributed by atoms with E-state index in [1.165, 1.54) is 57.8 Å². The summed E-state index contributed by atoms with van der Waals surface area (Å²) >= 11 is 0. The molecular formula is C22H32N4O. The molecule has 4 N–H and O–H groups in total. The second kappa shape index (κ2) is 9.58. The zero-order valence-corrected chi connectivity index (χ0v) is 16.4. The molecule has 1 aromatic heterocycles. The van der Waals surface area contributed by atoms with Crippen molar-refractivity contribution in [3.63, 3.8) is 0 Å². The lowest BCUT2D eigenvalue weighted by Gasteiger charge is -2.28. The fourth-order valence-corrected chi connectivity index (χ4v) is 3.98. The first-order valence-corrected chi connectivity index (χ1v) is 10.3. The lowest BCUT2D eigenvalue weighted by Crippen LogP contribution is -2.14.